The zero-order valence-electron chi connectivity index (χ0n) is 41.0. The summed E-state index contributed by atoms with van der Waals surface area (Å²) in [5, 5.41) is 5.87. The summed E-state index contributed by atoms with van der Waals surface area (Å²) in [6.45, 7) is 0. The average Bonchev–Trinajstić information content (AvgIpc) is 3.91. The van der Waals surface area contributed by atoms with E-state index < -0.39 is 8.07 Å². The molecule has 0 bridgehead atoms. The first-order chi connectivity index (χ1) is 35.6. The Balaban J connectivity index is 1.27. The van der Waals surface area contributed by atoms with Gasteiger partial charge < -0.3 is 0 Å². The first-order valence-corrected chi connectivity index (χ1v) is 27.7. The van der Waals surface area contributed by atoms with Crippen LogP contribution in [-0.2, 0) is 38.5 Å². The molecule has 1 aliphatic carbocycles. The van der Waals surface area contributed by atoms with Crippen LogP contribution in [0.1, 0.15) is 78.7 Å². The molecule has 0 unspecified atom stereocenters. The summed E-state index contributed by atoms with van der Waals surface area (Å²) in [7, 11) is -3.31. The molecule has 0 aliphatic heterocycles. The molecule has 0 atom stereocenters. The molecule has 0 aromatic heterocycles. The molecule has 0 amide bonds. The summed E-state index contributed by atoms with van der Waals surface area (Å²) < 4.78 is 0. The van der Waals surface area contributed by atoms with Crippen LogP contribution < -0.4 is 15.6 Å². The number of hydrogen-bond acceptors (Lipinski definition) is 0. The second-order valence-corrected chi connectivity index (χ2v) is 23.5. The maximum Gasteiger partial charge on any atom is 0.176 e. The van der Waals surface area contributed by atoms with E-state index >= 15 is 0 Å². The fourth-order valence-electron chi connectivity index (χ4n) is 11.3. The maximum absolute atomic E-state index is 3.31. The van der Waals surface area contributed by atoms with Gasteiger partial charge in [-0.2, -0.15) is 0 Å². The number of hydrogen-bond donors (Lipinski definition) is 0. The Labute approximate surface area is 428 Å². The third-order valence-corrected chi connectivity index (χ3v) is 19.3. The van der Waals surface area contributed by atoms with E-state index in [0.29, 0.717) is 0 Å². The third-order valence-electron chi connectivity index (χ3n) is 14.4. The molecule has 0 spiro atoms. The highest BCUT2D eigenvalue weighted by atomic mass is 28.3. The Morgan fingerprint density at radius 1 is 0.250 bits per heavy atom. The Morgan fingerprint density at radius 2 is 0.486 bits per heavy atom. The van der Waals surface area contributed by atoms with Gasteiger partial charge in [-0.1, -0.05) is 284 Å². The van der Waals surface area contributed by atoms with Crippen LogP contribution in [0.3, 0.4) is 0 Å². The summed E-state index contributed by atoms with van der Waals surface area (Å²) in [5.74, 6) is 0. The van der Waals surface area contributed by atoms with Gasteiger partial charge in [-0.15, -0.1) is 0 Å². The fraction of sp³-hybridized carbons (Fsp3) is 0.0986. The molecule has 0 heterocycles. The largest absolute Gasteiger partial charge is 0.176 e. The van der Waals surface area contributed by atoms with Gasteiger partial charge in [0.1, 0.15) is 0 Å². The van der Waals surface area contributed by atoms with Gasteiger partial charge in [0.15, 0.2) is 8.07 Å². The summed E-state index contributed by atoms with van der Waals surface area (Å²) in [4.78, 5) is 0. The Bertz CT molecular complexity index is 2940. The van der Waals surface area contributed by atoms with Gasteiger partial charge in [0.25, 0.3) is 0 Å². The molecule has 1 aliphatic rings. The lowest BCUT2D eigenvalue weighted by molar-refractivity contribution is 1.14. The van der Waals surface area contributed by atoms with Crippen LogP contribution in [0, 0.1) is 0 Å². The summed E-state index contributed by atoms with van der Waals surface area (Å²) >= 11 is 0. The highest BCUT2D eigenvalue weighted by molar-refractivity contribution is 7.16. The molecule has 1 heteroatoms. The van der Waals surface area contributed by atoms with E-state index in [1.807, 2.05) is 0 Å². The molecule has 10 aromatic carbocycles. The zero-order chi connectivity index (χ0) is 48.4. The SMILES string of the molecule is C1=CC(c2ccccc2)=C([Si](c2cc(Cc3ccccc3)cc(Cc3ccccc3)c2)(c2cc(Cc3ccccc3)cc(Cc3ccccc3)c2)c2cc(Cc3ccccc3)cc(Cc3ccccc3)c2)C1. The molecular formula is C71H60Si. The van der Waals surface area contributed by atoms with Crippen molar-refractivity contribution in [3.05, 3.63) is 357 Å². The van der Waals surface area contributed by atoms with E-state index in [0.717, 1.165) is 44.9 Å². The Morgan fingerprint density at radius 3 is 0.736 bits per heavy atom. The number of benzene rings is 10. The van der Waals surface area contributed by atoms with Crippen molar-refractivity contribution < 1.29 is 0 Å². The zero-order valence-corrected chi connectivity index (χ0v) is 42.0. The van der Waals surface area contributed by atoms with Crippen LogP contribution in [-0.4, -0.2) is 8.07 Å². The molecular weight excluding hydrogens is 881 g/mol. The van der Waals surface area contributed by atoms with Crippen LogP contribution in [0.25, 0.3) is 5.57 Å². The second-order valence-electron chi connectivity index (χ2n) is 19.7. The van der Waals surface area contributed by atoms with E-state index in [1.165, 1.54) is 93.5 Å². The van der Waals surface area contributed by atoms with Crippen molar-refractivity contribution in [2.45, 2.75) is 44.9 Å². The van der Waals surface area contributed by atoms with Crippen molar-refractivity contribution in [2.75, 3.05) is 0 Å². The van der Waals surface area contributed by atoms with E-state index in [1.54, 1.807) is 5.20 Å². The molecule has 0 saturated carbocycles. The number of rotatable bonds is 17. The molecule has 0 fully saturated rings. The predicted molar refractivity (Wildman–Crippen MR) is 307 cm³/mol. The van der Waals surface area contributed by atoms with Crippen LogP contribution in [0.2, 0.25) is 0 Å². The molecule has 11 rings (SSSR count). The van der Waals surface area contributed by atoms with Gasteiger partial charge in [0.2, 0.25) is 0 Å². The van der Waals surface area contributed by atoms with Crippen LogP contribution in [0.15, 0.2) is 284 Å². The van der Waals surface area contributed by atoms with Gasteiger partial charge in [0, 0.05) is 0 Å². The van der Waals surface area contributed by atoms with E-state index in [9.17, 15) is 0 Å². The Hall–Kier alpha value is -8.10. The minimum atomic E-state index is -3.31. The highest BCUT2D eigenvalue weighted by Gasteiger charge is 2.46. The van der Waals surface area contributed by atoms with Crippen molar-refractivity contribution >= 4 is 29.2 Å². The van der Waals surface area contributed by atoms with Gasteiger partial charge in [-0.05, 0) is 138 Å². The lowest BCUT2D eigenvalue weighted by Gasteiger charge is -2.38. The van der Waals surface area contributed by atoms with Crippen molar-refractivity contribution in [2.24, 2.45) is 0 Å². The average molecular weight is 941 g/mol. The van der Waals surface area contributed by atoms with Crippen LogP contribution in [0.4, 0.5) is 0 Å². The summed E-state index contributed by atoms with van der Waals surface area (Å²) in [5.41, 5.74) is 18.7. The monoisotopic (exact) mass is 940 g/mol. The van der Waals surface area contributed by atoms with Crippen molar-refractivity contribution in [1.82, 2.24) is 0 Å². The van der Waals surface area contributed by atoms with Crippen molar-refractivity contribution in [1.29, 1.82) is 0 Å². The van der Waals surface area contributed by atoms with E-state index in [-0.39, 0.29) is 0 Å². The highest BCUT2D eigenvalue weighted by Crippen LogP contribution is 2.36. The fourth-order valence-corrected chi connectivity index (χ4v) is 16.8. The lowest BCUT2D eigenvalue weighted by Crippen LogP contribution is -2.69. The van der Waals surface area contributed by atoms with Gasteiger partial charge >= 0.3 is 0 Å². The van der Waals surface area contributed by atoms with Crippen molar-refractivity contribution in [3.8, 4) is 0 Å². The topological polar surface area (TPSA) is 0 Å². The second kappa shape index (κ2) is 21.9. The predicted octanol–water partition coefficient (Wildman–Crippen LogP) is 14.7. The lowest BCUT2D eigenvalue weighted by atomic mass is 9.99. The molecule has 10 aromatic rings. The first kappa shape index (κ1) is 46.3. The van der Waals surface area contributed by atoms with Gasteiger partial charge in [-0.3, -0.25) is 0 Å². The van der Waals surface area contributed by atoms with Crippen LogP contribution >= 0.6 is 0 Å². The van der Waals surface area contributed by atoms with Crippen molar-refractivity contribution in [3.63, 3.8) is 0 Å². The summed E-state index contributed by atoms with van der Waals surface area (Å²) in [6.07, 6.45) is 10.9. The van der Waals surface area contributed by atoms with Gasteiger partial charge in [0.05, 0.1) is 0 Å². The molecule has 0 N–H and O–H groups in total. The number of allylic oxidation sites excluding steroid dienone is 4. The maximum atomic E-state index is 2.64. The molecule has 72 heavy (non-hydrogen) atoms. The molecule has 0 nitrogen and oxygen atoms in total. The Kier molecular flexibility index (Phi) is 14.1. The standard InChI is InChI=1S/C71H60Si/c1-8-23-54(24-9-1)39-60-45-61(40-55-25-10-2-11-26-55)49-67(48-60)72(71-38-22-37-70(71)66-35-20-7-21-36-66,68-50-62(41-56-27-12-3-13-28-56)46-63(51-68)42-57-29-14-4-15-30-57)69-52-64(43-58-31-16-5-17-32-58)47-65(53-69)44-59-33-18-6-19-34-59/h1-37,45-53H,38-44H2. The quantitative estimate of drug-likeness (QED) is 0.0630. The smallest absolute Gasteiger partial charge is 0.0802 e. The minimum Gasteiger partial charge on any atom is -0.0802 e. The minimum absolute atomic E-state index is 0.852. The van der Waals surface area contributed by atoms with Gasteiger partial charge in [-0.25, -0.2) is 0 Å². The molecule has 0 radical (unpaired) electrons. The third kappa shape index (κ3) is 10.8. The van der Waals surface area contributed by atoms with Crippen LogP contribution in [0.5, 0.6) is 0 Å². The molecule has 348 valence electrons. The normalized spacial score (nSPS) is 12.3. The summed E-state index contributed by atoms with van der Waals surface area (Å²) in [6, 6.07) is 101. The van der Waals surface area contributed by atoms with E-state index in [2.05, 4.69) is 279 Å². The first-order valence-electron chi connectivity index (χ1n) is 25.7. The van der Waals surface area contributed by atoms with E-state index in [4.69, 9.17) is 0 Å². The molecule has 0 saturated heterocycles.